The number of unbranched alkanes of at least 4 members (excludes halogenated alkanes) is 3. The Bertz CT molecular complexity index is 674. The smallest absolute Gasteiger partial charge is 0.356 e. The van der Waals surface area contributed by atoms with Gasteiger partial charge in [-0.05, 0) is 53.2 Å². The largest absolute Gasteiger partial charge is 0.371 e. The molecule has 0 saturated heterocycles. The molecule has 0 spiro atoms. The van der Waals surface area contributed by atoms with Gasteiger partial charge in [0, 0.05) is 32.9 Å². The Morgan fingerprint density at radius 2 is 1.44 bits per heavy atom. The lowest BCUT2D eigenvalue weighted by molar-refractivity contribution is -0.120. The minimum Gasteiger partial charge on any atom is -0.356 e. The number of carbonyl (C=O) groups excluding carboxylic acids is 1. The van der Waals surface area contributed by atoms with Gasteiger partial charge in [-0.1, -0.05) is 12.8 Å². The Kier molecular flexibility index (Phi) is 17.3. The first-order valence-electron chi connectivity index (χ1n) is 11.5. The topological polar surface area (TPSA) is 109 Å². The van der Waals surface area contributed by atoms with Crippen LogP contribution in [0.15, 0.2) is 0 Å². The molecule has 0 radical (unpaired) electrons. The molecular weight excluding hydrogens is 520 g/mol. The number of rotatable bonds is 20. The average molecular weight is 566 g/mol. The number of amides is 1. The van der Waals surface area contributed by atoms with Crippen molar-refractivity contribution in [3.8, 4) is 0 Å². The summed E-state index contributed by atoms with van der Waals surface area (Å²) in [5.41, 5.74) is 0. The SMILES string of the molecule is COP(=O)(OCCCOC(C)(S)P(=O)(OC)OCCCCCCNC(=O)CCSC)C(C)(C)C. The molecule has 9 nitrogen and oxygen atoms in total. The van der Waals surface area contributed by atoms with Crippen LogP contribution in [-0.2, 0) is 36.8 Å². The molecule has 0 aliphatic carbocycles. The standard InChI is InChI=1S/C21H45NO8P2S2/c1-20(2,3)31(24,26-5)29-17-12-15-28-21(4,33)32(25,27-6)30-16-11-9-8-10-14-22-19(23)13-18-34-7/h33H,8-18H2,1-7H3,(H,22,23). The van der Waals surface area contributed by atoms with Crippen LogP contribution in [0.1, 0.15) is 66.2 Å². The van der Waals surface area contributed by atoms with Crippen LogP contribution in [0.25, 0.3) is 0 Å². The number of nitrogens with one attached hydrogen (secondary N) is 1. The van der Waals surface area contributed by atoms with Crippen LogP contribution in [0, 0.1) is 0 Å². The van der Waals surface area contributed by atoms with Gasteiger partial charge in [0.2, 0.25) is 10.6 Å². The minimum atomic E-state index is -3.64. The second-order valence-corrected chi connectivity index (χ2v) is 16.5. The first kappa shape index (κ1) is 34.4. The first-order valence-corrected chi connectivity index (χ1v) is 16.4. The molecule has 0 aliphatic heterocycles. The van der Waals surface area contributed by atoms with E-state index < -0.39 is 25.0 Å². The fourth-order valence-electron chi connectivity index (χ4n) is 2.73. The van der Waals surface area contributed by atoms with Crippen molar-refractivity contribution >= 4 is 45.5 Å². The van der Waals surface area contributed by atoms with E-state index in [-0.39, 0.29) is 25.7 Å². The molecule has 0 saturated carbocycles. The summed E-state index contributed by atoms with van der Waals surface area (Å²) in [7, 11) is -4.21. The molecule has 13 heteroatoms. The van der Waals surface area contributed by atoms with Gasteiger partial charge in [0.05, 0.1) is 25.0 Å². The predicted octanol–water partition coefficient (Wildman–Crippen LogP) is 5.94. The fraction of sp³-hybridized carbons (Fsp3) is 0.952. The summed E-state index contributed by atoms with van der Waals surface area (Å²) in [5.74, 6) is 0.914. The minimum absolute atomic E-state index is 0.0836. The summed E-state index contributed by atoms with van der Waals surface area (Å²) in [6, 6.07) is 0. The predicted molar refractivity (Wildman–Crippen MR) is 143 cm³/mol. The summed E-state index contributed by atoms with van der Waals surface area (Å²) in [4.78, 5) is 11.5. The zero-order valence-corrected chi connectivity index (χ0v) is 25.3. The maximum absolute atomic E-state index is 13.1. The first-order chi connectivity index (χ1) is 15.8. The van der Waals surface area contributed by atoms with Gasteiger partial charge in [-0.3, -0.25) is 13.9 Å². The molecule has 0 aromatic heterocycles. The molecule has 1 amide bonds. The Hall–Kier alpha value is 0.430. The van der Waals surface area contributed by atoms with E-state index in [0.717, 1.165) is 25.0 Å². The molecule has 0 heterocycles. The lowest BCUT2D eigenvalue weighted by Crippen LogP contribution is -2.25. The molecular formula is C21H45NO8P2S2. The summed E-state index contributed by atoms with van der Waals surface area (Å²) in [6.45, 7) is 8.12. The molecule has 0 aliphatic rings. The molecule has 204 valence electrons. The van der Waals surface area contributed by atoms with E-state index >= 15 is 0 Å². The highest BCUT2D eigenvalue weighted by molar-refractivity contribution is 7.98. The number of hydrogen-bond acceptors (Lipinski definition) is 10. The van der Waals surface area contributed by atoms with Crippen molar-refractivity contribution in [1.82, 2.24) is 5.32 Å². The van der Waals surface area contributed by atoms with Gasteiger partial charge in [-0.15, -0.1) is 12.6 Å². The maximum Gasteiger partial charge on any atom is 0.371 e. The normalized spacial score (nSPS) is 17.5. The number of thioether (sulfide) groups is 1. The lowest BCUT2D eigenvalue weighted by atomic mass is 10.2. The molecule has 0 rings (SSSR count). The highest BCUT2D eigenvalue weighted by atomic mass is 32.2. The van der Waals surface area contributed by atoms with Crippen LogP contribution in [-0.4, -0.2) is 68.3 Å². The van der Waals surface area contributed by atoms with Crippen LogP contribution in [0.4, 0.5) is 0 Å². The van der Waals surface area contributed by atoms with E-state index in [1.807, 2.05) is 6.26 Å². The third kappa shape index (κ3) is 12.6. The summed E-state index contributed by atoms with van der Waals surface area (Å²) in [6.07, 6.45) is 6.31. The number of thiol groups is 1. The van der Waals surface area contributed by atoms with Gasteiger partial charge in [0.1, 0.15) is 0 Å². The van der Waals surface area contributed by atoms with E-state index in [2.05, 4.69) is 17.9 Å². The molecule has 0 bridgehead atoms. The summed E-state index contributed by atoms with van der Waals surface area (Å²) >= 11 is 6.04. The van der Waals surface area contributed by atoms with E-state index in [9.17, 15) is 13.9 Å². The van der Waals surface area contributed by atoms with Crippen molar-refractivity contribution in [3.05, 3.63) is 0 Å². The zero-order chi connectivity index (χ0) is 26.3. The van der Waals surface area contributed by atoms with E-state index in [1.165, 1.54) is 21.1 Å². The average Bonchev–Trinajstić information content (AvgIpc) is 2.77. The Balaban J connectivity index is 4.25. The van der Waals surface area contributed by atoms with E-state index in [0.29, 0.717) is 25.8 Å². The van der Waals surface area contributed by atoms with Crippen molar-refractivity contribution in [1.29, 1.82) is 0 Å². The summed E-state index contributed by atoms with van der Waals surface area (Å²) in [5, 5.41) is 2.27. The molecule has 34 heavy (non-hydrogen) atoms. The van der Waals surface area contributed by atoms with Gasteiger partial charge in [0.15, 0.2) is 0 Å². The second-order valence-electron chi connectivity index (χ2n) is 8.84. The van der Waals surface area contributed by atoms with Gasteiger partial charge >= 0.3 is 15.2 Å². The Labute approximate surface area is 216 Å². The van der Waals surface area contributed by atoms with Crippen molar-refractivity contribution < 1.29 is 36.8 Å². The molecule has 3 unspecified atom stereocenters. The monoisotopic (exact) mass is 565 g/mol. The third-order valence-corrected chi connectivity index (χ3v) is 11.2. The van der Waals surface area contributed by atoms with Crippen molar-refractivity contribution in [2.24, 2.45) is 0 Å². The van der Waals surface area contributed by atoms with Gasteiger partial charge < -0.3 is 28.1 Å². The number of hydrogen-bond donors (Lipinski definition) is 2. The summed E-state index contributed by atoms with van der Waals surface area (Å²) < 4.78 is 51.3. The number of ether oxygens (including phenoxy) is 1. The van der Waals surface area contributed by atoms with Crippen LogP contribution in [0.5, 0.6) is 0 Å². The van der Waals surface area contributed by atoms with E-state index in [1.54, 1.807) is 32.5 Å². The highest BCUT2D eigenvalue weighted by Gasteiger charge is 2.45. The molecule has 3 atom stereocenters. The fourth-order valence-corrected chi connectivity index (χ4v) is 6.34. The van der Waals surface area contributed by atoms with Crippen LogP contribution >= 0.6 is 39.6 Å². The van der Waals surface area contributed by atoms with Crippen molar-refractivity contribution in [3.63, 3.8) is 0 Å². The second kappa shape index (κ2) is 17.0. The maximum atomic E-state index is 13.1. The van der Waals surface area contributed by atoms with Gasteiger partial charge in [0.25, 0.3) is 0 Å². The van der Waals surface area contributed by atoms with Crippen molar-refractivity contribution in [2.75, 3.05) is 52.6 Å². The lowest BCUT2D eigenvalue weighted by Gasteiger charge is -2.31. The Morgan fingerprint density at radius 1 is 0.882 bits per heavy atom. The van der Waals surface area contributed by atoms with Gasteiger partial charge in [-0.2, -0.15) is 11.8 Å². The quantitative estimate of drug-likeness (QED) is 0.0802. The third-order valence-electron chi connectivity index (χ3n) is 4.92. The number of carbonyl (C=O) groups is 1. The molecule has 0 aromatic carbocycles. The van der Waals surface area contributed by atoms with Crippen LogP contribution in [0.3, 0.4) is 0 Å². The van der Waals surface area contributed by atoms with E-state index in [4.69, 9.17) is 22.8 Å². The van der Waals surface area contributed by atoms with Gasteiger partial charge in [-0.25, -0.2) is 0 Å². The Morgan fingerprint density at radius 3 is 2.00 bits per heavy atom. The molecule has 0 fully saturated rings. The zero-order valence-electron chi connectivity index (χ0n) is 21.8. The molecule has 0 aromatic rings. The highest BCUT2D eigenvalue weighted by Crippen LogP contribution is 2.62. The van der Waals surface area contributed by atoms with Crippen LogP contribution < -0.4 is 5.32 Å². The molecule has 1 N–H and O–H groups in total. The van der Waals surface area contributed by atoms with Crippen molar-refractivity contribution in [2.45, 2.75) is 76.1 Å². The van der Waals surface area contributed by atoms with Crippen LogP contribution in [0.2, 0.25) is 0 Å².